The fourth-order valence-corrected chi connectivity index (χ4v) is 4.66. The number of amides is 2. The van der Waals surface area contributed by atoms with E-state index in [-0.39, 0.29) is 22.6 Å². The lowest BCUT2D eigenvalue weighted by atomic mass is 10.1. The number of hydrogen-bond donors (Lipinski definition) is 2. The zero-order chi connectivity index (χ0) is 27.2. The van der Waals surface area contributed by atoms with Crippen LogP contribution in [0.3, 0.4) is 0 Å². The Morgan fingerprint density at radius 1 is 0.895 bits per heavy atom. The fourth-order valence-electron chi connectivity index (χ4n) is 4.66. The Morgan fingerprint density at radius 3 is 2.29 bits per heavy atom. The molecule has 0 saturated heterocycles. The standard InChI is InChI=1S/C30H35N3O5/c1-4-32(5-2)13-14-38-24-12-11-22-19-33(20-23(22)15-24)30(37)26-16-25(27(34)17-28(26)35)29(36)31(3)18-21-9-7-6-8-10-21/h6-12,15-17,34-35H,4-5,13-14,18-20H2,1-3H3. The van der Waals surface area contributed by atoms with Crippen LogP contribution in [0.25, 0.3) is 0 Å². The molecule has 1 aliphatic heterocycles. The minimum absolute atomic E-state index is 0.0252. The van der Waals surface area contributed by atoms with E-state index in [1.807, 2.05) is 48.5 Å². The quantitative estimate of drug-likeness (QED) is 0.418. The highest BCUT2D eigenvalue weighted by Gasteiger charge is 2.28. The number of phenols is 2. The predicted molar refractivity (Wildman–Crippen MR) is 145 cm³/mol. The lowest BCUT2D eigenvalue weighted by Gasteiger charge is -2.20. The van der Waals surface area contributed by atoms with E-state index in [4.69, 9.17) is 4.74 Å². The van der Waals surface area contributed by atoms with Crippen LogP contribution >= 0.6 is 0 Å². The maximum atomic E-state index is 13.4. The molecule has 0 radical (unpaired) electrons. The molecule has 3 aromatic carbocycles. The number of rotatable bonds is 10. The highest BCUT2D eigenvalue weighted by Crippen LogP contribution is 2.33. The van der Waals surface area contributed by atoms with Gasteiger partial charge in [0, 0.05) is 39.3 Å². The SMILES string of the molecule is CCN(CC)CCOc1ccc2c(c1)CN(C(=O)c1cc(C(=O)N(C)Cc3ccccc3)c(O)cc1O)C2. The summed E-state index contributed by atoms with van der Waals surface area (Å²) in [5, 5.41) is 20.9. The zero-order valence-corrected chi connectivity index (χ0v) is 22.2. The van der Waals surface area contributed by atoms with Crippen LogP contribution in [0.2, 0.25) is 0 Å². The Hall–Kier alpha value is -4.04. The zero-order valence-electron chi connectivity index (χ0n) is 22.2. The maximum absolute atomic E-state index is 13.4. The predicted octanol–water partition coefficient (Wildman–Crippen LogP) is 4.25. The van der Waals surface area contributed by atoms with Crippen LogP contribution in [0.4, 0.5) is 0 Å². The first kappa shape index (κ1) is 27.0. The van der Waals surface area contributed by atoms with Gasteiger partial charge in [-0.1, -0.05) is 50.2 Å². The molecule has 3 aromatic rings. The fraction of sp³-hybridized carbons (Fsp3) is 0.333. The third kappa shape index (κ3) is 6.08. The molecule has 0 fully saturated rings. The molecule has 0 aliphatic carbocycles. The van der Waals surface area contributed by atoms with E-state index in [1.54, 1.807) is 11.9 Å². The van der Waals surface area contributed by atoms with Crippen molar-refractivity contribution >= 4 is 11.8 Å². The van der Waals surface area contributed by atoms with Gasteiger partial charge in [0.25, 0.3) is 11.8 Å². The topological polar surface area (TPSA) is 93.6 Å². The summed E-state index contributed by atoms with van der Waals surface area (Å²) in [7, 11) is 1.63. The van der Waals surface area contributed by atoms with Gasteiger partial charge in [-0.3, -0.25) is 9.59 Å². The van der Waals surface area contributed by atoms with Crippen LogP contribution in [-0.4, -0.2) is 70.0 Å². The summed E-state index contributed by atoms with van der Waals surface area (Å²) in [6.45, 7) is 8.70. The lowest BCUT2D eigenvalue weighted by molar-refractivity contribution is 0.0748. The molecule has 0 bridgehead atoms. The van der Waals surface area contributed by atoms with E-state index in [1.165, 1.54) is 11.0 Å². The third-order valence-electron chi connectivity index (χ3n) is 6.94. The average Bonchev–Trinajstić information content (AvgIpc) is 3.34. The van der Waals surface area contributed by atoms with Crippen molar-refractivity contribution in [3.05, 3.63) is 88.5 Å². The first-order valence-corrected chi connectivity index (χ1v) is 12.9. The van der Waals surface area contributed by atoms with Crippen molar-refractivity contribution in [1.29, 1.82) is 0 Å². The summed E-state index contributed by atoms with van der Waals surface area (Å²) in [5.74, 6) is -0.850. The van der Waals surface area contributed by atoms with Gasteiger partial charge in [0.1, 0.15) is 23.9 Å². The van der Waals surface area contributed by atoms with Crippen molar-refractivity contribution in [2.24, 2.45) is 0 Å². The largest absolute Gasteiger partial charge is 0.507 e. The van der Waals surface area contributed by atoms with Crippen LogP contribution in [0.5, 0.6) is 17.2 Å². The molecular formula is C30H35N3O5. The molecule has 0 spiro atoms. The molecule has 2 amide bonds. The van der Waals surface area contributed by atoms with E-state index in [0.717, 1.165) is 48.1 Å². The highest BCUT2D eigenvalue weighted by atomic mass is 16.5. The monoisotopic (exact) mass is 517 g/mol. The lowest BCUT2D eigenvalue weighted by Crippen LogP contribution is -2.28. The number of carbonyl (C=O) groups excluding carboxylic acids is 2. The smallest absolute Gasteiger partial charge is 0.258 e. The molecule has 200 valence electrons. The van der Waals surface area contributed by atoms with E-state index in [9.17, 15) is 19.8 Å². The van der Waals surface area contributed by atoms with Gasteiger partial charge in [0.15, 0.2) is 0 Å². The molecule has 38 heavy (non-hydrogen) atoms. The molecule has 1 heterocycles. The number of carbonyl (C=O) groups is 2. The molecule has 0 aromatic heterocycles. The number of aromatic hydroxyl groups is 2. The van der Waals surface area contributed by atoms with Gasteiger partial charge in [0.05, 0.1) is 11.1 Å². The number of benzene rings is 3. The Morgan fingerprint density at radius 2 is 1.58 bits per heavy atom. The van der Waals surface area contributed by atoms with Crippen LogP contribution in [0.1, 0.15) is 51.3 Å². The van der Waals surface area contributed by atoms with E-state index in [2.05, 4.69) is 18.7 Å². The Bertz CT molecular complexity index is 1290. The van der Waals surface area contributed by atoms with Gasteiger partial charge in [-0.25, -0.2) is 0 Å². The van der Waals surface area contributed by atoms with E-state index < -0.39 is 11.8 Å². The van der Waals surface area contributed by atoms with Gasteiger partial charge in [0.2, 0.25) is 0 Å². The molecule has 4 rings (SSSR count). The summed E-state index contributed by atoms with van der Waals surface area (Å²) in [4.78, 5) is 31.9. The first-order valence-electron chi connectivity index (χ1n) is 12.9. The van der Waals surface area contributed by atoms with Gasteiger partial charge in [-0.2, -0.15) is 0 Å². The second-order valence-electron chi connectivity index (χ2n) is 9.50. The van der Waals surface area contributed by atoms with Gasteiger partial charge in [-0.05, 0) is 48.0 Å². The summed E-state index contributed by atoms with van der Waals surface area (Å²) < 4.78 is 5.93. The van der Waals surface area contributed by atoms with Crippen LogP contribution in [0.15, 0.2) is 60.7 Å². The summed E-state index contributed by atoms with van der Waals surface area (Å²) >= 11 is 0. The second kappa shape index (κ2) is 12.0. The molecule has 0 atom stereocenters. The maximum Gasteiger partial charge on any atom is 0.258 e. The van der Waals surface area contributed by atoms with Crippen LogP contribution < -0.4 is 4.74 Å². The number of nitrogens with zero attached hydrogens (tertiary/aromatic N) is 3. The molecule has 1 aliphatic rings. The highest BCUT2D eigenvalue weighted by molar-refractivity contribution is 6.03. The van der Waals surface area contributed by atoms with Crippen LogP contribution in [-0.2, 0) is 19.6 Å². The minimum Gasteiger partial charge on any atom is -0.507 e. The average molecular weight is 518 g/mol. The molecule has 0 unspecified atom stereocenters. The number of fused-ring (bicyclic) bond motifs is 1. The van der Waals surface area contributed by atoms with Crippen molar-refractivity contribution in [2.75, 3.05) is 33.3 Å². The van der Waals surface area contributed by atoms with Crippen molar-refractivity contribution in [2.45, 2.75) is 33.5 Å². The number of ether oxygens (including phenoxy) is 1. The molecule has 2 N–H and O–H groups in total. The molecular weight excluding hydrogens is 482 g/mol. The number of hydrogen-bond acceptors (Lipinski definition) is 6. The Kier molecular flexibility index (Phi) is 8.53. The summed E-state index contributed by atoms with van der Waals surface area (Å²) in [5.41, 5.74) is 2.86. The normalized spacial score (nSPS) is 12.5. The van der Waals surface area contributed by atoms with Gasteiger partial charge >= 0.3 is 0 Å². The first-order chi connectivity index (χ1) is 18.3. The van der Waals surface area contributed by atoms with Crippen molar-refractivity contribution in [3.8, 4) is 17.2 Å². The molecule has 0 saturated carbocycles. The number of phenolic OH excluding ortho intramolecular Hbond substituents is 2. The van der Waals surface area contributed by atoms with E-state index >= 15 is 0 Å². The Balaban J connectivity index is 1.45. The van der Waals surface area contributed by atoms with Gasteiger partial charge in [-0.15, -0.1) is 0 Å². The summed E-state index contributed by atoms with van der Waals surface area (Å²) in [6, 6.07) is 17.6. The van der Waals surface area contributed by atoms with Crippen molar-refractivity contribution in [3.63, 3.8) is 0 Å². The molecule has 8 nitrogen and oxygen atoms in total. The minimum atomic E-state index is -0.448. The van der Waals surface area contributed by atoms with Gasteiger partial charge < -0.3 is 29.6 Å². The van der Waals surface area contributed by atoms with E-state index in [0.29, 0.717) is 26.2 Å². The second-order valence-corrected chi connectivity index (χ2v) is 9.50. The third-order valence-corrected chi connectivity index (χ3v) is 6.94. The van der Waals surface area contributed by atoms with Crippen LogP contribution in [0, 0.1) is 0 Å². The Labute approximate surface area is 223 Å². The number of likely N-dealkylation sites (N-methyl/N-ethyl adjacent to an activating group) is 1. The van der Waals surface area contributed by atoms with Crippen molar-refractivity contribution in [1.82, 2.24) is 14.7 Å². The summed E-state index contributed by atoms with van der Waals surface area (Å²) in [6.07, 6.45) is 0. The molecule has 8 heteroatoms. The van der Waals surface area contributed by atoms with Crippen molar-refractivity contribution < 1.29 is 24.5 Å².